The molecule has 3 aromatic heterocycles. The average molecular weight is 446 g/mol. The van der Waals surface area contributed by atoms with Crippen LogP contribution in [-0.4, -0.2) is 44.6 Å². The van der Waals surface area contributed by atoms with E-state index in [1.165, 1.54) is 0 Å². The number of ether oxygens (including phenoxy) is 1. The molecular formula is C23H22N6O4. The topological polar surface area (TPSA) is 124 Å². The first kappa shape index (κ1) is 20.8. The van der Waals surface area contributed by atoms with E-state index in [1.807, 2.05) is 44.2 Å². The number of hydrogen-bond donors (Lipinski definition) is 2. The molecule has 10 heteroatoms. The number of imidazole rings is 1. The molecule has 33 heavy (non-hydrogen) atoms. The molecule has 1 aliphatic heterocycles. The maximum atomic E-state index is 12.9. The summed E-state index contributed by atoms with van der Waals surface area (Å²) in [6.45, 7) is 4.68. The minimum atomic E-state index is -0.506. The highest BCUT2D eigenvalue weighted by Crippen LogP contribution is 2.27. The second kappa shape index (κ2) is 8.14. The summed E-state index contributed by atoms with van der Waals surface area (Å²) in [5.74, 6) is 0.266. The van der Waals surface area contributed by atoms with Gasteiger partial charge < -0.3 is 19.9 Å². The molecular weight excluding hydrogens is 424 g/mol. The van der Waals surface area contributed by atoms with Crippen molar-refractivity contribution in [3.8, 4) is 11.4 Å². The lowest BCUT2D eigenvalue weighted by Gasteiger charge is -2.36. The Balaban J connectivity index is 1.30. The van der Waals surface area contributed by atoms with Gasteiger partial charge in [0.25, 0.3) is 5.91 Å². The van der Waals surface area contributed by atoms with E-state index >= 15 is 0 Å². The molecule has 0 aliphatic carbocycles. The molecule has 1 aromatic carbocycles. The Morgan fingerprint density at radius 2 is 2.06 bits per heavy atom. The van der Waals surface area contributed by atoms with Crippen molar-refractivity contribution >= 4 is 23.1 Å². The molecule has 0 saturated carbocycles. The Morgan fingerprint density at radius 3 is 2.85 bits per heavy atom. The predicted octanol–water partition coefficient (Wildman–Crippen LogP) is 2.60. The van der Waals surface area contributed by atoms with Crippen LogP contribution in [0.1, 0.15) is 28.9 Å². The minimum Gasteiger partial charge on any atom is -0.379 e. The van der Waals surface area contributed by atoms with E-state index in [4.69, 9.17) is 9.26 Å². The standard InChI is InChI=1S/C23H22N6O4/c1-14-6-7-15(20-27-19(33-28-20)11-25-22(31)23(2)12-32-13-23)9-16(14)26-21(30)17-10-24-18-5-3-4-8-29(17)18/h3-10H,11-13H2,1-2H3,(H,25,31)(H,26,30). The van der Waals surface area contributed by atoms with Crippen molar-refractivity contribution in [1.29, 1.82) is 0 Å². The van der Waals surface area contributed by atoms with Gasteiger partial charge in [0.2, 0.25) is 17.6 Å². The van der Waals surface area contributed by atoms with Crippen molar-refractivity contribution in [2.24, 2.45) is 5.41 Å². The van der Waals surface area contributed by atoms with Gasteiger partial charge in [0, 0.05) is 17.4 Å². The lowest BCUT2D eigenvalue weighted by atomic mass is 9.88. The number of pyridine rings is 1. The Bertz CT molecular complexity index is 1350. The average Bonchev–Trinajstić information content (AvgIpc) is 3.44. The summed E-state index contributed by atoms with van der Waals surface area (Å²) in [5.41, 5.74) is 2.80. The quantitative estimate of drug-likeness (QED) is 0.467. The van der Waals surface area contributed by atoms with Crippen LogP contribution >= 0.6 is 0 Å². The second-order valence-corrected chi connectivity index (χ2v) is 8.30. The Morgan fingerprint density at radius 1 is 1.21 bits per heavy atom. The molecule has 0 spiro atoms. The molecule has 4 heterocycles. The molecule has 1 aliphatic rings. The first-order valence-electron chi connectivity index (χ1n) is 10.5. The summed E-state index contributed by atoms with van der Waals surface area (Å²) >= 11 is 0. The van der Waals surface area contributed by atoms with E-state index in [0.29, 0.717) is 47.5 Å². The zero-order valence-corrected chi connectivity index (χ0v) is 18.2. The Kier molecular flexibility index (Phi) is 5.14. The third-order valence-corrected chi connectivity index (χ3v) is 5.65. The third kappa shape index (κ3) is 3.96. The lowest BCUT2D eigenvalue weighted by Crippen LogP contribution is -2.51. The van der Waals surface area contributed by atoms with E-state index < -0.39 is 5.41 Å². The second-order valence-electron chi connectivity index (χ2n) is 8.30. The number of carbonyl (C=O) groups excluding carboxylic acids is 2. The third-order valence-electron chi connectivity index (χ3n) is 5.65. The van der Waals surface area contributed by atoms with Crippen LogP contribution in [0, 0.1) is 12.3 Å². The van der Waals surface area contributed by atoms with Gasteiger partial charge in [-0.2, -0.15) is 4.98 Å². The number of fused-ring (bicyclic) bond motifs is 1. The number of amides is 2. The van der Waals surface area contributed by atoms with E-state index in [1.54, 1.807) is 22.9 Å². The van der Waals surface area contributed by atoms with Crippen LogP contribution in [0.4, 0.5) is 5.69 Å². The zero-order chi connectivity index (χ0) is 23.0. The van der Waals surface area contributed by atoms with Crippen LogP contribution < -0.4 is 10.6 Å². The fourth-order valence-electron chi connectivity index (χ4n) is 3.54. The van der Waals surface area contributed by atoms with Crippen LogP contribution in [0.15, 0.2) is 53.3 Å². The number of nitrogens with one attached hydrogen (secondary N) is 2. The molecule has 2 N–H and O–H groups in total. The zero-order valence-electron chi connectivity index (χ0n) is 18.2. The largest absolute Gasteiger partial charge is 0.379 e. The highest BCUT2D eigenvalue weighted by atomic mass is 16.5. The van der Waals surface area contributed by atoms with Crippen LogP contribution in [0.2, 0.25) is 0 Å². The fraction of sp³-hybridized carbons (Fsp3) is 0.261. The first-order valence-corrected chi connectivity index (χ1v) is 10.5. The van der Waals surface area contributed by atoms with Crippen LogP contribution in [-0.2, 0) is 16.1 Å². The van der Waals surface area contributed by atoms with E-state index in [-0.39, 0.29) is 18.4 Å². The number of carbonyl (C=O) groups is 2. The molecule has 0 radical (unpaired) electrons. The number of aromatic nitrogens is 4. The van der Waals surface area contributed by atoms with Gasteiger partial charge in [-0.3, -0.25) is 14.0 Å². The van der Waals surface area contributed by atoms with Gasteiger partial charge in [-0.1, -0.05) is 23.4 Å². The van der Waals surface area contributed by atoms with Crippen LogP contribution in [0.3, 0.4) is 0 Å². The summed E-state index contributed by atoms with van der Waals surface area (Å²) in [6, 6.07) is 11.0. The summed E-state index contributed by atoms with van der Waals surface area (Å²) < 4.78 is 12.1. The number of nitrogens with zero attached hydrogens (tertiary/aromatic N) is 4. The molecule has 10 nitrogen and oxygen atoms in total. The molecule has 1 saturated heterocycles. The Labute approximate surface area is 189 Å². The van der Waals surface area contributed by atoms with Gasteiger partial charge in [0.1, 0.15) is 11.3 Å². The minimum absolute atomic E-state index is 0.110. The van der Waals surface area contributed by atoms with Crippen molar-refractivity contribution in [1.82, 2.24) is 24.8 Å². The van der Waals surface area contributed by atoms with Crippen LogP contribution in [0.5, 0.6) is 0 Å². The molecule has 0 unspecified atom stereocenters. The van der Waals surface area contributed by atoms with Crippen molar-refractivity contribution < 1.29 is 18.8 Å². The van der Waals surface area contributed by atoms with Crippen LogP contribution in [0.25, 0.3) is 17.0 Å². The number of rotatable bonds is 6. The van der Waals surface area contributed by atoms with Gasteiger partial charge in [-0.15, -0.1) is 0 Å². The van der Waals surface area contributed by atoms with Gasteiger partial charge in [-0.05, 0) is 37.6 Å². The molecule has 5 rings (SSSR count). The normalized spacial score (nSPS) is 14.6. The smallest absolute Gasteiger partial charge is 0.274 e. The fourth-order valence-corrected chi connectivity index (χ4v) is 3.54. The molecule has 0 bridgehead atoms. The molecule has 4 aromatic rings. The highest BCUT2D eigenvalue weighted by Gasteiger charge is 2.41. The van der Waals surface area contributed by atoms with Gasteiger partial charge in [0.05, 0.1) is 31.4 Å². The summed E-state index contributed by atoms with van der Waals surface area (Å²) in [7, 11) is 0. The van der Waals surface area contributed by atoms with E-state index in [0.717, 1.165) is 5.56 Å². The van der Waals surface area contributed by atoms with Gasteiger partial charge in [0.15, 0.2) is 0 Å². The SMILES string of the molecule is Cc1ccc(-c2noc(CNC(=O)C3(C)COC3)n2)cc1NC(=O)c1cnc2ccccn12. The maximum absolute atomic E-state index is 12.9. The van der Waals surface area contributed by atoms with Crippen molar-refractivity contribution in [2.45, 2.75) is 20.4 Å². The van der Waals surface area contributed by atoms with Crippen molar-refractivity contribution in [3.63, 3.8) is 0 Å². The van der Waals surface area contributed by atoms with E-state index in [2.05, 4.69) is 25.8 Å². The van der Waals surface area contributed by atoms with Gasteiger partial charge >= 0.3 is 0 Å². The summed E-state index contributed by atoms with van der Waals surface area (Å²) in [5, 5.41) is 9.75. The van der Waals surface area contributed by atoms with Crippen molar-refractivity contribution in [3.05, 3.63) is 65.9 Å². The molecule has 2 amide bonds. The molecule has 0 atom stereocenters. The summed E-state index contributed by atoms with van der Waals surface area (Å²) in [6.07, 6.45) is 3.33. The highest BCUT2D eigenvalue weighted by molar-refractivity contribution is 6.04. The van der Waals surface area contributed by atoms with E-state index in [9.17, 15) is 9.59 Å². The number of benzene rings is 1. The molecule has 1 fully saturated rings. The molecule has 168 valence electrons. The van der Waals surface area contributed by atoms with Gasteiger partial charge in [-0.25, -0.2) is 4.98 Å². The maximum Gasteiger partial charge on any atom is 0.274 e. The predicted molar refractivity (Wildman–Crippen MR) is 118 cm³/mol. The first-order chi connectivity index (χ1) is 15.9. The monoisotopic (exact) mass is 446 g/mol. The Hall–Kier alpha value is -4.05. The summed E-state index contributed by atoms with van der Waals surface area (Å²) in [4.78, 5) is 33.7. The number of anilines is 1. The number of aryl methyl sites for hydroxylation is 1. The van der Waals surface area contributed by atoms with Crippen molar-refractivity contribution in [2.75, 3.05) is 18.5 Å². The number of hydrogen-bond acceptors (Lipinski definition) is 7. The lowest BCUT2D eigenvalue weighted by molar-refractivity contribution is -0.157.